The summed E-state index contributed by atoms with van der Waals surface area (Å²) >= 11 is 0. The number of fused-ring (bicyclic) bond motifs is 3. The van der Waals surface area contributed by atoms with Gasteiger partial charge in [-0.25, -0.2) is 4.79 Å². The molecule has 1 saturated heterocycles. The first-order valence-corrected chi connectivity index (χ1v) is 8.75. The highest BCUT2D eigenvalue weighted by atomic mass is 16.6. The fourth-order valence-electron chi connectivity index (χ4n) is 3.58. The zero-order chi connectivity index (χ0) is 18.4. The first kappa shape index (κ1) is 17.6. The van der Waals surface area contributed by atoms with E-state index < -0.39 is 5.60 Å². The molecule has 0 spiro atoms. The highest BCUT2D eigenvalue weighted by Gasteiger charge is 2.44. The number of methoxy groups -OCH3 is 1. The van der Waals surface area contributed by atoms with Gasteiger partial charge in [0.25, 0.3) is 5.91 Å². The van der Waals surface area contributed by atoms with Crippen LogP contribution in [0.4, 0.5) is 4.79 Å². The summed E-state index contributed by atoms with van der Waals surface area (Å²) in [6, 6.07) is 3.88. The second kappa shape index (κ2) is 6.24. The van der Waals surface area contributed by atoms with E-state index in [2.05, 4.69) is 0 Å². The lowest BCUT2D eigenvalue weighted by Gasteiger charge is -2.38. The molecule has 0 aromatic heterocycles. The molecule has 2 amide bonds. The maximum Gasteiger partial charge on any atom is 0.410 e. The summed E-state index contributed by atoms with van der Waals surface area (Å²) in [6.07, 6.45) is 0.475. The molecule has 6 nitrogen and oxygen atoms in total. The largest absolute Gasteiger partial charge is 0.496 e. The normalized spacial score (nSPS) is 19.6. The molecule has 2 aliphatic heterocycles. The van der Waals surface area contributed by atoms with Crippen molar-refractivity contribution in [2.75, 3.05) is 26.7 Å². The SMILES string of the molecule is CCc1ccc2c(c1OC)C(=O)N1CCN(C(=O)OC(C)(C)C)CC21. The third-order valence-corrected chi connectivity index (χ3v) is 4.72. The maximum atomic E-state index is 12.9. The van der Waals surface area contributed by atoms with Gasteiger partial charge >= 0.3 is 6.09 Å². The van der Waals surface area contributed by atoms with Gasteiger partial charge in [-0.1, -0.05) is 19.1 Å². The van der Waals surface area contributed by atoms with Crippen LogP contribution in [0, 0.1) is 0 Å². The fourth-order valence-corrected chi connectivity index (χ4v) is 3.58. The summed E-state index contributed by atoms with van der Waals surface area (Å²) in [5, 5.41) is 0. The highest BCUT2D eigenvalue weighted by Crippen LogP contribution is 2.42. The molecule has 1 aromatic carbocycles. The molecule has 2 heterocycles. The van der Waals surface area contributed by atoms with E-state index in [-0.39, 0.29) is 18.0 Å². The molecule has 0 saturated carbocycles. The minimum Gasteiger partial charge on any atom is -0.496 e. The van der Waals surface area contributed by atoms with Crippen LogP contribution in [0.5, 0.6) is 5.75 Å². The number of carbonyl (C=O) groups is 2. The van der Waals surface area contributed by atoms with Crippen molar-refractivity contribution >= 4 is 12.0 Å². The van der Waals surface area contributed by atoms with Crippen molar-refractivity contribution in [2.45, 2.75) is 45.8 Å². The van der Waals surface area contributed by atoms with Gasteiger partial charge in [-0.05, 0) is 38.3 Å². The van der Waals surface area contributed by atoms with Gasteiger partial charge in [0.1, 0.15) is 11.4 Å². The molecule has 2 aliphatic rings. The van der Waals surface area contributed by atoms with E-state index in [4.69, 9.17) is 9.47 Å². The number of piperazine rings is 1. The summed E-state index contributed by atoms with van der Waals surface area (Å²) in [6.45, 7) is 9.03. The Balaban J connectivity index is 1.90. The lowest BCUT2D eigenvalue weighted by molar-refractivity contribution is 0.00656. The van der Waals surface area contributed by atoms with Crippen LogP contribution in [0.1, 0.15) is 55.2 Å². The predicted molar refractivity (Wildman–Crippen MR) is 94.0 cm³/mol. The number of hydrogen-bond acceptors (Lipinski definition) is 4. The van der Waals surface area contributed by atoms with Crippen molar-refractivity contribution in [3.63, 3.8) is 0 Å². The van der Waals surface area contributed by atoms with Crippen molar-refractivity contribution in [2.24, 2.45) is 0 Å². The minimum atomic E-state index is -0.531. The monoisotopic (exact) mass is 346 g/mol. The standard InChI is InChI=1S/C19H26N2O4/c1-6-12-7-8-13-14-11-20(18(23)25-19(2,3)4)9-10-21(14)17(22)15(13)16(12)24-5/h7-8,14H,6,9-11H2,1-5H3. The van der Waals surface area contributed by atoms with Crippen LogP contribution < -0.4 is 4.74 Å². The van der Waals surface area contributed by atoms with Gasteiger partial charge in [0.2, 0.25) is 0 Å². The second-order valence-corrected chi connectivity index (χ2v) is 7.52. The zero-order valence-electron chi connectivity index (χ0n) is 15.6. The van der Waals surface area contributed by atoms with Gasteiger partial charge < -0.3 is 19.3 Å². The average Bonchev–Trinajstić information content (AvgIpc) is 2.85. The topological polar surface area (TPSA) is 59.1 Å². The number of hydrogen-bond donors (Lipinski definition) is 0. The Morgan fingerprint density at radius 2 is 2.00 bits per heavy atom. The molecular formula is C19H26N2O4. The molecule has 6 heteroatoms. The Morgan fingerprint density at radius 1 is 1.28 bits per heavy atom. The average molecular weight is 346 g/mol. The second-order valence-electron chi connectivity index (χ2n) is 7.52. The minimum absolute atomic E-state index is 0.00371. The number of benzene rings is 1. The van der Waals surface area contributed by atoms with Gasteiger partial charge in [0, 0.05) is 19.6 Å². The Bertz CT molecular complexity index is 708. The van der Waals surface area contributed by atoms with E-state index in [9.17, 15) is 9.59 Å². The Hall–Kier alpha value is -2.24. The molecule has 1 fully saturated rings. The number of carbonyl (C=O) groups excluding carboxylic acids is 2. The van der Waals surface area contributed by atoms with E-state index in [1.54, 1.807) is 12.0 Å². The van der Waals surface area contributed by atoms with Crippen molar-refractivity contribution in [1.82, 2.24) is 9.80 Å². The first-order chi connectivity index (χ1) is 11.8. The van der Waals surface area contributed by atoms with Crippen LogP contribution in [0.15, 0.2) is 12.1 Å². The fraction of sp³-hybridized carbons (Fsp3) is 0.579. The van der Waals surface area contributed by atoms with Crippen LogP contribution >= 0.6 is 0 Å². The number of ether oxygens (including phenoxy) is 2. The van der Waals surface area contributed by atoms with Crippen LogP contribution in [-0.4, -0.2) is 54.1 Å². The lowest BCUT2D eigenvalue weighted by atomic mass is 9.98. The summed E-state index contributed by atoms with van der Waals surface area (Å²) in [7, 11) is 1.60. The molecule has 0 N–H and O–H groups in total. The molecule has 25 heavy (non-hydrogen) atoms. The Labute approximate surface area is 148 Å². The summed E-state index contributed by atoms with van der Waals surface area (Å²) < 4.78 is 11.0. The van der Waals surface area contributed by atoms with E-state index in [1.807, 2.05) is 44.7 Å². The molecule has 1 aromatic rings. The molecule has 3 rings (SSSR count). The van der Waals surface area contributed by atoms with Crippen molar-refractivity contribution in [3.8, 4) is 5.75 Å². The Kier molecular flexibility index (Phi) is 4.39. The molecule has 136 valence electrons. The highest BCUT2D eigenvalue weighted by molar-refractivity contribution is 6.02. The molecule has 0 aliphatic carbocycles. The number of aryl methyl sites for hydroxylation is 1. The molecule has 0 radical (unpaired) electrons. The number of nitrogens with zero attached hydrogens (tertiary/aromatic N) is 2. The third-order valence-electron chi connectivity index (χ3n) is 4.72. The summed E-state index contributed by atoms with van der Waals surface area (Å²) in [4.78, 5) is 28.8. The third kappa shape index (κ3) is 3.05. The van der Waals surface area contributed by atoms with Crippen molar-refractivity contribution in [1.29, 1.82) is 0 Å². The summed E-state index contributed by atoms with van der Waals surface area (Å²) in [5.41, 5.74) is 2.08. The van der Waals surface area contributed by atoms with Gasteiger partial charge in [-0.2, -0.15) is 0 Å². The number of rotatable bonds is 2. The van der Waals surface area contributed by atoms with Crippen LogP contribution in [-0.2, 0) is 11.2 Å². The lowest BCUT2D eigenvalue weighted by Crippen LogP contribution is -2.50. The smallest absolute Gasteiger partial charge is 0.410 e. The molecular weight excluding hydrogens is 320 g/mol. The zero-order valence-corrected chi connectivity index (χ0v) is 15.6. The van der Waals surface area contributed by atoms with E-state index >= 15 is 0 Å². The molecule has 1 unspecified atom stereocenters. The predicted octanol–water partition coefficient (Wildman–Crippen LogP) is 3.01. The van der Waals surface area contributed by atoms with Gasteiger partial charge in [0.15, 0.2) is 0 Å². The summed E-state index contributed by atoms with van der Waals surface area (Å²) in [5.74, 6) is 0.666. The van der Waals surface area contributed by atoms with Crippen molar-refractivity contribution in [3.05, 3.63) is 28.8 Å². The van der Waals surface area contributed by atoms with Crippen LogP contribution in [0.2, 0.25) is 0 Å². The van der Waals surface area contributed by atoms with Gasteiger partial charge in [0.05, 0.1) is 18.7 Å². The van der Waals surface area contributed by atoms with Crippen LogP contribution in [0.3, 0.4) is 0 Å². The van der Waals surface area contributed by atoms with E-state index in [1.165, 1.54) is 0 Å². The van der Waals surface area contributed by atoms with E-state index in [0.717, 1.165) is 17.5 Å². The Morgan fingerprint density at radius 3 is 2.60 bits per heavy atom. The molecule has 1 atom stereocenters. The van der Waals surface area contributed by atoms with E-state index in [0.29, 0.717) is 30.9 Å². The van der Waals surface area contributed by atoms with Gasteiger partial charge in [-0.15, -0.1) is 0 Å². The maximum absolute atomic E-state index is 12.9. The number of amides is 2. The first-order valence-electron chi connectivity index (χ1n) is 8.75. The van der Waals surface area contributed by atoms with Crippen molar-refractivity contribution < 1.29 is 19.1 Å². The molecule has 0 bridgehead atoms. The quantitative estimate of drug-likeness (QED) is 0.826. The van der Waals surface area contributed by atoms with Gasteiger partial charge in [-0.3, -0.25) is 4.79 Å². The van der Waals surface area contributed by atoms with Crippen LogP contribution in [0.25, 0.3) is 0 Å².